The first kappa shape index (κ1) is 30.8. The number of benzene rings is 9. The zero-order chi connectivity index (χ0) is 36.7. The first-order chi connectivity index (χ1) is 27.8. The minimum atomic E-state index is 0.551. The first-order valence-electron chi connectivity index (χ1n) is 18.8. The van der Waals surface area contributed by atoms with Gasteiger partial charge in [-0.1, -0.05) is 146 Å². The maximum atomic E-state index is 6.54. The number of hydrogen-bond acceptors (Lipinski definition) is 5. The molecule has 0 radical (unpaired) electrons. The van der Waals surface area contributed by atoms with Crippen LogP contribution in [0.15, 0.2) is 185 Å². The Morgan fingerprint density at radius 3 is 1.57 bits per heavy atom. The van der Waals surface area contributed by atoms with Crippen molar-refractivity contribution in [2.75, 3.05) is 0 Å². The molecule has 12 aromatic rings. The molecule has 3 heterocycles. The van der Waals surface area contributed by atoms with Crippen LogP contribution >= 0.6 is 0 Å². The fourth-order valence-electron chi connectivity index (χ4n) is 8.64. The average molecular weight is 716 g/mol. The number of hydrogen-bond donors (Lipinski definition) is 0. The third-order valence-electron chi connectivity index (χ3n) is 11.1. The van der Waals surface area contributed by atoms with Gasteiger partial charge in [0.15, 0.2) is 17.5 Å². The highest BCUT2D eigenvalue weighted by Gasteiger charge is 2.21. The Labute approximate surface area is 320 Å². The lowest BCUT2D eigenvalue weighted by molar-refractivity contribution is 0.669. The average Bonchev–Trinajstić information content (AvgIpc) is 3.84. The molecule has 0 spiro atoms. The van der Waals surface area contributed by atoms with E-state index in [0.717, 1.165) is 98.6 Å². The molecule has 0 bridgehead atoms. The van der Waals surface area contributed by atoms with Gasteiger partial charge >= 0.3 is 0 Å². The second-order valence-electron chi connectivity index (χ2n) is 14.3. The topological polar surface area (TPSA) is 65.0 Å². The minimum absolute atomic E-state index is 0.551. The highest BCUT2D eigenvalue weighted by molar-refractivity contribution is 6.17. The predicted octanol–water partition coefficient (Wildman–Crippen LogP) is 13.8. The summed E-state index contributed by atoms with van der Waals surface area (Å²) < 4.78 is 12.8. The van der Waals surface area contributed by atoms with Gasteiger partial charge in [0.25, 0.3) is 0 Å². The second kappa shape index (κ2) is 11.9. The largest absolute Gasteiger partial charge is 0.456 e. The Morgan fingerprint density at radius 1 is 0.286 bits per heavy atom. The van der Waals surface area contributed by atoms with Crippen LogP contribution in [-0.2, 0) is 0 Å². The summed E-state index contributed by atoms with van der Waals surface area (Å²) in [7, 11) is 0. The van der Waals surface area contributed by atoms with Crippen molar-refractivity contribution in [2.24, 2.45) is 0 Å². The molecule has 0 fully saturated rings. The number of para-hydroxylation sites is 3. The van der Waals surface area contributed by atoms with Crippen molar-refractivity contribution in [1.82, 2.24) is 15.0 Å². The number of nitrogens with zero attached hydrogens (tertiary/aromatic N) is 3. The molecule has 0 N–H and O–H groups in total. The third kappa shape index (κ3) is 4.58. The van der Waals surface area contributed by atoms with E-state index >= 15 is 0 Å². The van der Waals surface area contributed by atoms with E-state index in [0.29, 0.717) is 17.5 Å². The molecular weight excluding hydrogens is 687 g/mol. The Morgan fingerprint density at radius 2 is 0.768 bits per heavy atom. The highest BCUT2D eigenvalue weighted by atomic mass is 16.3. The summed E-state index contributed by atoms with van der Waals surface area (Å²) in [6.07, 6.45) is 0. The molecule has 0 saturated heterocycles. The Bertz CT molecular complexity index is 3560. The monoisotopic (exact) mass is 715 g/mol. The van der Waals surface area contributed by atoms with Crippen LogP contribution in [0.2, 0.25) is 0 Å². The summed E-state index contributed by atoms with van der Waals surface area (Å²) in [5.74, 6) is 1.74. The van der Waals surface area contributed by atoms with E-state index in [1.165, 1.54) is 5.39 Å². The molecule has 0 saturated carbocycles. The summed E-state index contributed by atoms with van der Waals surface area (Å²) in [4.78, 5) is 15.9. The van der Waals surface area contributed by atoms with Crippen LogP contribution in [0.3, 0.4) is 0 Å². The van der Waals surface area contributed by atoms with Crippen molar-refractivity contribution in [3.63, 3.8) is 0 Å². The van der Waals surface area contributed by atoms with E-state index in [4.69, 9.17) is 23.8 Å². The molecule has 5 nitrogen and oxygen atoms in total. The minimum Gasteiger partial charge on any atom is -0.456 e. The van der Waals surface area contributed by atoms with Crippen molar-refractivity contribution in [3.05, 3.63) is 176 Å². The van der Waals surface area contributed by atoms with Gasteiger partial charge in [-0.15, -0.1) is 0 Å². The van der Waals surface area contributed by atoms with Crippen molar-refractivity contribution >= 4 is 76.2 Å². The van der Waals surface area contributed by atoms with Crippen LogP contribution in [0.4, 0.5) is 0 Å². The lowest BCUT2D eigenvalue weighted by Gasteiger charge is -2.14. The maximum absolute atomic E-state index is 6.54. The van der Waals surface area contributed by atoms with Gasteiger partial charge < -0.3 is 8.83 Å². The standard InChI is InChI=1S/C51H29N3O2/c1-2-14-31-30(13-1)29-43(36-16-4-3-15-32(31)36)51-53-49(52-50(54-51)42-25-11-23-39-37-17-5-7-26-44(37)56-48(39)42)40-24-10-19-33-34(20-9-21-35(33)40)38-22-12-28-46-47(38)41-18-6-8-27-45(41)55-46/h1-29H. The Kier molecular flexibility index (Phi) is 6.56. The van der Waals surface area contributed by atoms with Gasteiger partial charge in [0.2, 0.25) is 0 Å². The smallest absolute Gasteiger partial charge is 0.167 e. The fraction of sp³-hybridized carbons (Fsp3) is 0. The number of aromatic nitrogens is 3. The Hall–Kier alpha value is -7.63. The molecule has 3 aromatic heterocycles. The van der Waals surface area contributed by atoms with Crippen molar-refractivity contribution in [3.8, 4) is 45.3 Å². The molecule has 5 heteroatoms. The molecule has 56 heavy (non-hydrogen) atoms. The van der Waals surface area contributed by atoms with Crippen LogP contribution in [0.5, 0.6) is 0 Å². The van der Waals surface area contributed by atoms with Crippen LogP contribution in [0.25, 0.3) is 121 Å². The summed E-state index contributed by atoms with van der Waals surface area (Å²) in [6, 6.07) is 61.0. The van der Waals surface area contributed by atoms with Crippen LogP contribution in [0.1, 0.15) is 0 Å². The molecule has 260 valence electrons. The molecule has 0 aliphatic carbocycles. The van der Waals surface area contributed by atoms with Crippen LogP contribution < -0.4 is 0 Å². The molecule has 0 amide bonds. The van der Waals surface area contributed by atoms with Gasteiger partial charge in [-0.3, -0.25) is 0 Å². The van der Waals surface area contributed by atoms with Gasteiger partial charge in [0.05, 0.1) is 5.56 Å². The number of fused-ring (bicyclic) bond motifs is 10. The number of furan rings is 2. The molecule has 0 aliphatic rings. The van der Waals surface area contributed by atoms with Crippen LogP contribution in [-0.4, -0.2) is 15.0 Å². The number of rotatable bonds is 4. The highest BCUT2D eigenvalue weighted by Crippen LogP contribution is 2.42. The van der Waals surface area contributed by atoms with Crippen LogP contribution in [0, 0.1) is 0 Å². The van der Waals surface area contributed by atoms with E-state index in [9.17, 15) is 0 Å². The molecule has 0 aliphatic heterocycles. The van der Waals surface area contributed by atoms with Gasteiger partial charge in [0, 0.05) is 32.7 Å². The maximum Gasteiger partial charge on any atom is 0.167 e. The van der Waals surface area contributed by atoms with E-state index < -0.39 is 0 Å². The zero-order valence-electron chi connectivity index (χ0n) is 29.9. The van der Waals surface area contributed by atoms with E-state index in [1.807, 2.05) is 42.5 Å². The molecule has 9 aromatic carbocycles. The SMILES string of the molecule is c1ccc2c(c1)cc(-c1nc(-c3cccc4c(-c5cccc6oc7ccccc7c56)cccc34)nc(-c3cccc4c3oc3ccccc34)n1)c1ccccc12. The van der Waals surface area contributed by atoms with Gasteiger partial charge in [-0.2, -0.15) is 0 Å². The summed E-state index contributed by atoms with van der Waals surface area (Å²) in [5.41, 5.74) is 8.23. The van der Waals surface area contributed by atoms with E-state index in [1.54, 1.807) is 0 Å². The van der Waals surface area contributed by atoms with Crippen molar-refractivity contribution in [2.45, 2.75) is 0 Å². The molecule has 0 unspecified atom stereocenters. The van der Waals surface area contributed by atoms with Gasteiger partial charge in [-0.25, -0.2) is 15.0 Å². The lowest BCUT2D eigenvalue weighted by atomic mass is 9.93. The molecule has 0 atom stereocenters. The van der Waals surface area contributed by atoms with Crippen molar-refractivity contribution in [1.29, 1.82) is 0 Å². The Balaban J connectivity index is 1.14. The summed E-state index contributed by atoms with van der Waals surface area (Å²) in [6.45, 7) is 0. The predicted molar refractivity (Wildman–Crippen MR) is 229 cm³/mol. The van der Waals surface area contributed by atoms with Gasteiger partial charge in [0.1, 0.15) is 22.3 Å². The van der Waals surface area contributed by atoms with E-state index in [2.05, 4.69) is 133 Å². The fourth-order valence-corrected chi connectivity index (χ4v) is 8.64. The van der Waals surface area contributed by atoms with Gasteiger partial charge in [-0.05, 0) is 73.8 Å². The molecule has 12 rings (SSSR count). The summed E-state index contributed by atoms with van der Waals surface area (Å²) in [5, 5.41) is 11.0. The zero-order valence-corrected chi connectivity index (χ0v) is 29.9. The second-order valence-corrected chi connectivity index (χ2v) is 14.3. The quantitative estimate of drug-likeness (QED) is 0.170. The van der Waals surface area contributed by atoms with Crippen molar-refractivity contribution < 1.29 is 8.83 Å². The molecular formula is C51H29N3O2. The summed E-state index contributed by atoms with van der Waals surface area (Å²) >= 11 is 0. The van der Waals surface area contributed by atoms with E-state index in [-0.39, 0.29) is 0 Å². The third-order valence-corrected chi connectivity index (χ3v) is 11.1. The lowest BCUT2D eigenvalue weighted by Crippen LogP contribution is -2.01. The normalized spacial score (nSPS) is 11.9. The first-order valence-corrected chi connectivity index (χ1v) is 18.8.